The smallest absolute Gasteiger partial charge is 0.248 e. The van der Waals surface area contributed by atoms with Gasteiger partial charge in [0.2, 0.25) is 15.9 Å². The van der Waals surface area contributed by atoms with Gasteiger partial charge in [-0.25, -0.2) is 8.42 Å². The minimum atomic E-state index is -3.90. The highest BCUT2D eigenvalue weighted by molar-refractivity contribution is 7.89. The molecule has 20 heavy (non-hydrogen) atoms. The van der Waals surface area contributed by atoms with E-state index in [2.05, 4.69) is 10.2 Å². The Morgan fingerprint density at radius 2 is 2.15 bits per heavy atom. The second-order valence-corrected chi connectivity index (χ2v) is 6.17. The summed E-state index contributed by atoms with van der Waals surface area (Å²) in [6.07, 6.45) is 1.12. The number of methoxy groups -OCH3 is 1. The Hall–Kier alpha value is -1.65. The van der Waals surface area contributed by atoms with E-state index in [4.69, 9.17) is 10.5 Å². The average molecular weight is 305 g/mol. The normalized spacial score (nSPS) is 11.8. The van der Waals surface area contributed by atoms with Gasteiger partial charge in [0, 0.05) is 27.7 Å². The lowest BCUT2D eigenvalue weighted by atomic mass is 10.5. The number of carbonyl (C=O) groups excluding carboxylic acids is 1. The van der Waals surface area contributed by atoms with Gasteiger partial charge in [-0.05, 0) is 0 Å². The van der Waals surface area contributed by atoms with Crippen LogP contribution in [0.25, 0.3) is 0 Å². The molecule has 0 fully saturated rings. The molecule has 0 spiro atoms. The molecule has 1 aromatic heterocycles. The third-order valence-corrected chi connectivity index (χ3v) is 4.48. The van der Waals surface area contributed by atoms with Crippen LogP contribution in [0.2, 0.25) is 0 Å². The summed E-state index contributed by atoms with van der Waals surface area (Å²) < 4.78 is 30.8. The lowest BCUT2D eigenvalue weighted by Gasteiger charge is -2.22. The Morgan fingerprint density at radius 1 is 1.50 bits per heavy atom. The topological polar surface area (TPSA) is 122 Å². The molecule has 0 radical (unpaired) electrons. The van der Waals surface area contributed by atoms with Gasteiger partial charge in [0.05, 0.1) is 19.3 Å². The summed E-state index contributed by atoms with van der Waals surface area (Å²) >= 11 is 0. The van der Waals surface area contributed by atoms with Crippen LogP contribution in [0.3, 0.4) is 0 Å². The van der Waals surface area contributed by atoms with Crippen molar-refractivity contribution in [2.45, 2.75) is 4.90 Å². The molecule has 1 heterocycles. The van der Waals surface area contributed by atoms with Gasteiger partial charge in [0.25, 0.3) is 0 Å². The fourth-order valence-electron chi connectivity index (χ4n) is 1.40. The van der Waals surface area contributed by atoms with Crippen LogP contribution in [0.15, 0.2) is 11.1 Å². The molecule has 114 valence electrons. The summed E-state index contributed by atoms with van der Waals surface area (Å²) in [6, 6.07) is 0. The van der Waals surface area contributed by atoms with Crippen molar-refractivity contribution in [1.29, 1.82) is 0 Å². The first-order valence-electron chi connectivity index (χ1n) is 5.78. The molecule has 1 amide bonds. The Kier molecular flexibility index (Phi) is 5.48. The summed E-state index contributed by atoms with van der Waals surface area (Å²) in [5, 5.41) is 5.94. The van der Waals surface area contributed by atoms with Crippen LogP contribution >= 0.6 is 0 Å². The number of nitrogens with one attached hydrogen (secondary N) is 1. The first-order chi connectivity index (χ1) is 9.30. The molecule has 0 aliphatic rings. The number of H-pyrrole nitrogens is 1. The van der Waals surface area contributed by atoms with E-state index in [1.807, 2.05) is 0 Å². The zero-order valence-corrected chi connectivity index (χ0v) is 12.5. The number of nitrogens with zero attached hydrogens (tertiary/aromatic N) is 3. The van der Waals surface area contributed by atoms with Crippen LogP contribution in [-0.2, 0) is 19.6 Å². The van der Waals surface area contributed by atoms with Crippen molar-refractivity contribution in [1.82, 2.24) is 19.4 Å². The number of hydrogen-bond donors (Lipinski definition) is 2. The van der Waals surface area contributed by atoms with Gasteiger partial charge in [-0.1, -0.05) is 0 Å². The number of rotatable bonds is 7. The van der Waals surface area contributed by atoms with Crippen LogP contribution < -0.4 is 5.73 Å². The van der Waals surface area contributed by atoms with Gasteiger partial charge >= 0.3 is 0 Å². The second-order valence-electron chi connectivity index (χ2n) is 4.27. The molecule has 0 aromatic carbocycles. The Balaban J connectivity index is 3.03. The molecule has 0 atom stereocenters. The molecule has 0 aliphatic carbocycles. The Bertz CT molecular complexity index is 554. The molecule has 0 saturated heterocycles. The zero-order valence-electron chi connectivity index (χ0n) is 11.7. The van der Waals surface area contributed by atoms with Crippen molar-refractivity contribution in [2.75, 3.05) is 46.6 Å². The van der Waals surface area contributed by atoms with Crippen LogP contribution in [0.1, 0.15) is 0 Å². The van der Waals surface area contributed by atoms with Gasteiger partial charge in [-0.15, -0.1) is 0 Å². The lowest BCUT2D eigenvalue weighted by molar-refractivity contribution is -0.128. The molecular weight excluding hydrogens is 286 g/mol. The number of ether oxygens (including phenoxy) is 1. The van der Waals surface area contributed by atoms with Crippen LogP contribution in [0, 0.1) is 0 Å². The second kappa shape index (κ2) is 6.68. The maximum atomic E-state index is 12.4. The molecule has 3 N–H and O–H groups in total. The van der Waals surface area contributed by atoms with Gasteiger partial charge in [-0.2, -0.15) is 9.40 Å². The number of aromatic nitrogens is 2. The van der Waals surface area contributed by atoms with Gasteiger partial charge in [0.1, 0.15) is 10.7 Å². The first kappa shape index (κ1) is 16.4. The minimum Gasteiger partial charge on any atom is -0.383 e. The predicted octanol–water partition coefficient (Wildman–Crippen LogP) is -1.28. The minimum absolute atomic E-state index is 0.0447. The number of hydrogen-bond acceptors (Lipinski definition) is 6. The summed E-state index contributed by atoms with van der Waals surface area (Å²) in [7, 11) is 0.650. The van der Waals surface area contributed by atoms with Crippen LogP contribution in [0.4, 0.5) is 5.82 Å². The van der Waals surface area contributed by atoms with Crippen LogP contribution in [0.5, 0.6) is 0 Å². The van der Waals surface area contributed by atoms with Crippen molar-refractivity contribution >= 4 is 21.7 Å². The van der Waals surface area contributed by atoms with Crippen molar-refractivity contribution in [3.63, 3.8) is 0 Å². The molecule has 9 nitrogen and oxygen atoms in total. The molecule has 0 bridgehead atoms. The molecule has 1 aromatic rings. The van der Waals surface area contributed by atoms with Crippen molar-refractivity contribution in [3.05, 3.63) is 6.20 Å². The summed E-state index contributed by atoms with van der Waals surface area (Å²) in [5.41, 5.74) is 5.53. The molecule has 0 saturated carbocycles. The van der Waals surface area contributed by atoms with Gasteiger partial charge in [0.15, 0.2) is 0 Å². The summed E-state index contributed by atoms with van der Waals surface area (Å²) in [4.78, 5) is 12.9. The number of aromatic amines is 1. The van der Waals surface area contributed by atoms with Crippen LogP contribution in [-0.4, -0.2) is 74.6 Å². The third kappa shape index (κ3) is 3.68. The monoisotopic (exact) mass is 305 g/mol. The number of amides is 1. The maximum Gasteiger partial charge on any atom is 0.248 e. The van der Waals surface area contributed by atoms with E-state index < -0.39 is 10.0 Å². The molecular formula is C10H19N5O4S. The van der Waals surface area contributed by atoms with Crippen molar-refractivity contribution < 1.29 is 17.9 Å². The highest BCUT2D eigenvalue weighted by atomic mass is 32.2. The maximum absolute atomic E-state index is 12.4. The highest BCUT2D eigenvalue weighted by Crippen LogP contribution is 2.19. The molecule has 0 unspecified atom stereocenters. The lowest BCUT2D eigenvalue weighted by Crippen LogP contribution is -2.41. The fourth-order valence-corrected chi connectivity index (χ4v) is 2.78. The summed E-state index contributed by atoms with van der Waals surface area (Å²) in [5.74, 6) is -0.406. The molecule has 1 rings (SSSR count). The zero-order chi connectivity index (χ0) is 15.3. The molecule has 0 aliphatic heterocycles. The molecule has 10 heteroatoms. The van der Waals surface area contributed by atoms with Crippen molar-refractivity contribution in [2.24, 2.45) is 0 Å². The number of anilines is 1. The standard InChI is InChI=1S/C10H19N5O4S/c1-14(2)9(16)7-15(4-5-19-3)20(17,18)8-6-12-13-10(8)11/h6H,4-5,7H2,1-3H3,(H3,11,12,13). The largest absolute Gasteiger partial charge is 0.383 e. The number of nitrogen functional groups attached to an aromatic ring is 1. The number of likely N-dealkylation sites (N-methyl/N-ethyl adjacent to an activating group) is 1. The SMILES string of the molecule is COCCN(CC(=O)N(C)C)S(=O)(=O)c1cn[nH]c1N. The third-order valence-electron chi connectivity index (χ3n) is 2.61. The predicted molar refractivity (Wildman–Crippen MR) is 72.3 cm³/mol. The Morgan fingerprint density at radius 3 is 2.60 bits per heavy atom. The Labute approximate surface area is 117 Å². The number of carbonyl (C=O) groups is 1. The number of nitrogens with two attached hydrogens (primary N) is 1. The van der Waals surface area contributed by atoms with E-state index in [1.165, 1.54) is 12.0 Å². The van der Waals surface area contributed by atoms with E-state index in [0.717, 1.165) is 10.5 Å². The van der Waals surface area contributed by atoms with E-state index >= 15 is 0 Å². The van der Waals surface area contributed by atoms with Gasteiger partial charge < -0.3 is 15.4 Å². The van der Waals surface area contributed by atoms with E-state index in [0.29, 0.717) is 0 Å². The first-order valence-corrected chi connectivity index (χ1v) is 7.22. The fraction of sp³-hybridized carbons (Fsp3) is 0.600. The van der Waals surface area contributed by atoms with E-state index in [1.54, 1.807) is 14.1 Å². The highest BCUT2D eigenvalue weighted by Gasteiger charge is 2.29. The van der Waals surface area contributed by atoms with Crippen molar-refractivity contribution in [3.8, 4) is 0 Å². The number of sulfonamides is 1. The summed E-state index contributed by atoms with van der Waals surface area (Å²) in [6.45, 7) is -0.0793. The van der Waals surface area contributed by atoms with E-state index in [-0.39, 0.29) is 36.3 Å². The van der Waals surface area contributed by atoms with Gasteiger partial charge in [-0.3, -0.25) is 9.89 Å². The quantitative estimate of drug-likeness (QED) is 0.647. The average Bonchev–Trinajstić information content (AvgIpc) is 2.80. The van der Waals surface area contributed by atoms with E-state index in [9.17, 15) is 13.2 Å².